The molecule has 2 aromatic rings. The number of rotatable bonds is 6. The van der Waals surface area contributed by atoms with Gasteiger partial charge in [-0.15, -0.1) is 0 Å². The Hall–Kier alpha value is -2.36. The SMILES string of the molecule is Cc1cc(C(F)(F)F)ccc1CCCC(=O)[C@@H]1CCCN1c1cc(Cl)nc(C(F)(F)F)n1. The molecule has 0 amide bonds. The summed E-state index contributed by atoms with van der Waals surface area (Å²) in [5.74, 6) is -1.57. The van der Waals surface area contributed by atoms with Crippen molar-refractivity contribution >= 4 is 23.2 Å². The largest absolute Gasteiger partial charge is 0.451 e. The summed E-state index contributed by atoms with van der Waals surface area (Å²) in [4.78, 5) is 21.0. The van der Waals surface area contributed by atoms with E-state index in [2.05, 4.69) is 9.97 Å². The normalized spacial score (nSPS) is 17.1. The Morgan fingerprint density at radius 3 is 2.47 bits per heavy atom. The van der Waals surface area contributed by atoms with Gasteiger partial charge in [-0.2, -0.15) is 26.3 Å². The smallest absolute Gasteiger partial charge is 0.346 e. The Balaban J connectivity index is 1.65. The molecule has 1 aliphatic heterocycles. The first-order chi connectivity index (χ1) is 14.9. The number of halogens is 7. The number of Topliss-reactive ketones (excluding diaryl/α,β-unsaturated/α-hetero) is 1. The highest BCUT2D eigenvalue weighted by Crippen LogP contribution is 2.33. The number of anilines is 1. The lowest BCUT2D eigenvalue weighted by atomic mass is 9.97. The molecule has 174 valence electrons. The quantitative estimate of drug-likeness (QED) is 0.374. The third-order valence-electron chi connectivity index (χ3n) is 5.39. The van der Waals surface area contributed by atoms with Crippen molar-refractivity contribution < 1.29 is 31.1 Å². The van der Waals surface area contributed by atoms with Crippen LogP contribution >= 0.6 is 11.6 Å². The number of nitrogens with zero attached hydrogens (tertiary/aromatic N) is 3. The van der Waals surface area contributed by atoms with Crippen LogP contribution in [-0.2, 0) is 23.6 Å². The van der Waals surface area contributed by atoms with Gasteiger partial charge >= 0.3 is 12.4 Å². The van der Waals surface area contributed by atoms with E-state index in [0.29, 0.717) is 43.4 Å². The lowest BCUT2D eigenvalue weighted by Crippen LogP contribution is -2.37. The second-order valence-electron chi connectivity index (χ2n) is 7.68. The Labute approximate surface area is 185 Å². The average molecular weight is 480 g/mol. The van der Waals surface area contributed by atoms with Crippen molar-refractivity contribution in [1.29, 1.82) is 0 Å². The van der Waals surface area contributed by atoms with Crippen molar-refractivity contribution in [3.8, 4) is 0 Å². The van der Waals surface area contributed by atoms with Crippen molar-refractivity contribution in [1.82, 2.24) is 9.97 Å². The fourth-order valence-corrected chi connectivity index (χ4v) is 4.01. The molecule has 0 bridgehead atoms. The standard InChI is InChI=1S/C21H20ClF6N3O/c1-12-10-14(20(23,24)25)8-7-13(12)4-2-6-16(32)15-5-3-9-31(15)18-11-17(22)29-19(30-18)21(26,27)28/h7-8,10-11,15H,2-6,9H2,1H3/t15-/m0/s1. The molecule has 11 heteroatoms. The number of aryl methyl sites for hydroxylation is 2. The lowest BCUT2D eigenvalue weighted by Gasteiger charge is -2.25. The average Bonchev–Trinajstić information content (AvgIpc) is 3.17. The van der Waals surface area contributed by atoms with Gasteiger partial charge in [-0.05, 0) is 55.9 Å². The molecular weight excluding hydrogens is 460 g/mol. The first-order valence-corrected chi connectivity index (χ1v) is 10.3. The van der Waals surface area contributed by atoms with Crippen LogP contribution in [0.25, 0.3) is 0 Å². The topological polar surface area (TPSA) is 46.1 Å². The summed E-state index contributed by atoms with van der Waals surface area (Å²) in [6.07, 6.45) is -7.13. The minimum atomic E-state index is -4.77. The highest BCUT2D eigenvalue weighted by Gasteiger charge is 2.38. The zero-order valence-corrected chi connectivity index (χ0v) is 17.8. The van der Waals surface area contributed by atoms with E-state index in [1.165, 1.54) is 17.0 Å². The fourth-order valence-electron chi connectivity index (χ4n) is 3.83. The van der Waals surface area contributed by atoms with Gasteiger partial charge in [0.1, 0.15) is 11.0 Å². The summed E-state index contributed by atoms with van der Waals surface area (Å²) in [6.45, 7) is 1.95. The predicted molar refractivity (Wildman–Crippen MR) is 107 cm³/mol. The monoisotopic (exact) mass is 479 g/mol. The van der Waals surface area contributed by atoms with Gasteiger partial charge < -0.3 is 4.90 Å². The minimum absolute atomic E-state index is 0.0493. The van der Waals surface area contributed by atoms with Gasteiger partial charge in [0.2, 0.25) is 5.82 Å². The van der Waals surface area contributed by atoms with Crippen molar-refractivity contribution in [2.24, 2.45) is 0 Å². The number of hydrogen-bond donors (Lipinski definition) is 0. The van der Waals surface area contributed by atoms with Crippen LogP contribution in [0, 0.1) is 6.92 Å². The van der Waals surface area contributed by atoms with Crippen molar-refractivity contribution in [3.63, 3.8) is 0 Å². The molecule has 1 fully saturated rings. The van der Waals surface area contributed by atoms with Gasteiger partial charge in [0.15, 0.2) is 5.78 Å². The molecule has 1 aliphatic rings. The molecule has 1 aromatic heterocycles. The summed E-state index contributed by atoms with van der Waals surface area (Å²) < 4.78 is 77.4. The molecule has 4 nitrogen and oxygen atoms in total. The molecule has 0 aliphatic carbocycles. The van der Waals surface area contributed by atoms with E-state index in [-0.39, 0.29) is 23.2 Å². The molecule has 2 heterocycles. The van der Waals surface area contributed by atoms with Crippen LogP contribution < -0.4 is 4.90 Å². The van der Waals surface area contributed by atoms with Crippen LogP contribution in [0.4, 0.5) is 32.2 Å². The summed E-state index contributed by atoms with van der Waals surface area (Å²) in [5.41, 5.74) is 0.481. The summed E-state index contributed by atoms with van der Waals surface area (Å²) >= 11 is 5.73. The number of ketones is 1. The highest BCUT2D eigenvalue weighted by atomic mass is 35.5. The van der Waals surface area contributed by atoms with Gasteiger partial charge in [-0.3, -0.25) is 4.79 Å². The Morgan fingerprint density at radius 2 is 1.84 bits per heavy atom. The van der Waals surface area contributed by atoms with E-state index in [9.17, 15) is 31.1 Å². The second-order valence-corrected chi connectivity index (χ2v) is 8.07. The Kier molecular flexibility index (Phi) is 7.02. The van der Waals surface area contributed by atoms with Crippen LogP contribution in [0.1, 0.15) is 48.2 Å². The van der Waals surface area contributed by atoms with E-state index in [0.717, 1.165) is 12.1 Å². The number of benzene rings is 1. The number of alkyl halides is 6. The lowest BCUT2D eigenvalue weighted by molar-refractivity contribution is -0.145. The van der Waals surface area contributed by atoms with Crippen molar-refractivity contribution in [3.05, 3.63) is 51.9 Å². The van der Waals surface area contributed by atoms with Crippen molar-refractivity contribution in [2.75, 3.05) is 11.4 Å². The molecular formula is C21H20ClF6N3O. The molecule has 0 saturated carbocycles. The van der Waals surface area contributed by atoms with E-state index in [4.69, 9.17) is 11.6 Å². The molecule has 1 saturated heterocycles. The molecule has 0 spiro atoms. The van der Waals surface area contributed by atoms with Crippen LogP contribution in [0.3, 0.4) is 0 Å². The van der Waals surface area contributed by atoms with Crippen LogP contribution in [-0.4, -0.2) is 28.3 Å². The maximum Gasteiger partial charge on any atom is 0.451 e. The molecule has 0 unspecified atom stereocenters. The maximum absolute atomic E-state index is 13.0. The highest BCUT2D eigenvalue weighted by molar-refractivity contribution is 6.29. The zero-order chi connectivity index (χ0) is 23.7. The minimum Gasteiger partial charge on any atom is -0.346 e. The summed E-state index contributed by atoms with van der Waals surface area (Å²) in [6, 6.07) is 4.07. The van der Waals surface area contributed by atoms with E-state index in [1.54, 1.807) is 6.92 Å². The molecule has 1 aromatic carbocycles. The second kappa shape index (κ2) is 9.25. The van der Waals surface area contributed by atoms with Gasteiger partial charge in [-0.25, -0.2) is 9.97 Å². The third-order valence-corrected chi connectivity index (χ3v) is 5.59. The molecule has 0 N–H and O–H groups in total. The number of aromatic nitrogens is 2. The molecule has 3 rings (SSSR count). The van der Waals surface area contributed by atoms with Gasteiger partial charge in [0.25, 0.3) is 0 Å². The van der Waals surface area contributed by atoms with Crippen LogP contribution in [0.15, 0.2) is 24.3 Å². The third kappa shape index (κ3) is 5.70. The van der Waals surface area contributed by atoms with E-state index in [1.807, 2.05) is 0 Å². The maximum atomic E-state index is 13.0. The number of hydrogen-bond acceptors (Lipinski definition) is 4. The Bertz CT molecular complexity index is 992. The predicted octanol–water partition coefficient (Wildman–Crippen LogP) is 6.04. The van der Waals surface area contributed by atoms with Gasteiger partial charge in [0, 0.05) is 19.0 Å². The molecule has 0 radical (unpaired) electrons. The molecule has 32 heavy (non-hydrogen) atoms. The van der Waals surface area contributed by atoms with Gasteiger partial charge in [-0.1, -0.05) is 17.7 Å². The fraction of sp³-hybridized carbons (Fsp3) is 0.476. The summed E-state index contributed by atoms with van der Waals surface area (Å²) in [5, 5.41) is -0.363. The number of carbonyl (C=O) groups is 1. The zero-order valence-electron chi connectivity index (χ0n) is 17.0. The first kappa shape index (κ1) is 24.3. The van der Waals surface area contributed by atoms with Gasteiger partial charge in [0.05, 0.1) is 11.6 Å². The van der Waals surface area contributed by atoms with Crippen LogP contribution in [0.2, 0.25) is 5.15 Å². The van der Waals surface area contributed by atoms with Crippen LogP contribution in [0.5, 0.6) is 0 Å². The summed E-state index contributed by atoms with van der Waals surface area (Å²) in [7, 11) is 0. The van der Waals surface area contributed by atoms with E-state index >= 15 is 0 Å². The van der Waals surface area contributed by atoms with Crippen molar-refractivity contribution in [2.45, 2.75) is 57.4 Å². The van der Waals surface area contributed by atoms with E-state index < -0.39 is 29.8 Å². The Morgan fingerprint density at radius 1 is 1.12 bits per heavy atom. The molecule has 1 atom stereocenters. The first-order valence-electron chi connectivity index (χ1n) is 9.94. The number of carbonyl (C=O) groups excluding carboxylic acids is 1.